The number of hydrogen-bond donors (Lipinski definition) is 0. The van der Waals surface area contributed by atoms with Crippen LogP contribution in [0, 0.1) is 11.3 Å². The van der Waals surface area contributed by atoms with Crippen molar-refractivity contribution in [3.8, 4) is 6.07 Å². The molecule has 0 bridgehead atoms. The molecule has 0 saturated carbocycles. The highest BCUT2D eigenvalue weighted by Crippen LogP contribution is 2.37. The Morgan fingerprint density at radius 1 is 0.842 bits per heavy atom. The van der Waals surface area contributed by atoms with Crippen LogP contribution in [0.2, 0.25) is 0 Å². The average molecular weight is 379 g/mol. The van der Waals surface area contributed by atoms with Crippen LogP contribution >= 0.6 is 31.9 Å². The predicted octanol–water partition coefficient (Wildman–Crippen LogP) is 5.52. The fourth-order valence-corrected chi connectivity index (χ4v) is 3.74. The SMILES string of the molecule is N#Cc1ccc(C(Br)CC(Br)c2ccccc2)cc1. The lowest BCUT2D eigenvalue weighted by Crippen LogP contribution is -1.96. The molecule has 2 rings (SSSR count). The third-order valence-corrected chi connectivity index (χ3v) is 4.78. The van der Waals surface area contributed by atoms with Gasteiger partial charge in [-0.3, -0.25) is 0 Å². The van der Waals surface area contributed by atoms with Crippen LogP contribution in [0.3, 0.4) is 0 Å². The predicted molar refractivity (Wildman–Crippen MR) is 85.6 cm³/mol. The molecule has 19 heavy (non-hydrogen) atoms. The second-order valence-electron chi connectivity index (χ2n) is 4.32. The molecule has 0 amide bonds. The van der Waals surface area contributed by atoms with Gasteiger partial charge < -0.3 is 0 Å². The maximum Gasteiger partial charge on any atom is 0.0991 e. The van der Waals surface area contributed by atoms with Crippen LogP contribution in [0.1, 0.15) is 32.8 Å². The van der Waals surface area contributed by atoms with E-state index in [-0.39, 0.29) is 4.83 Å². The van der Waals surface area contributed by atoms with E-state index in [2.05, 4.69) is 62.2 Å². The summed E-state index contributed by atoms with van der Waals surface area (Å²) in [6.45, 7) is 0. The van der Waals surface area contributed by atoms with Crippen LogP contribution in [0.25, 0.3) is 0 Å². The maximum atomic E-state index is 8.79. The third-order valence-electron chi connectivity index (χ3n) is 2.98. The maximum absolute atomic E-state index is 8.79. The van der Waals surface area contributed by atoms with Gasteiger partial charge in [0.1, 0.15) is 0 Å². The van der Waals surface area contributed by atoms with Crippen molar-refractivity contribution in [2.24, 2.45) is 0 Å². The first-order valence-corrected chi connectivity index (χ1v) is 7.87. The number of nitriles is 1. The molecular formula is C16H13Br2N. The summed E-state index contributed by atoms with van der Waals surface area (Å²) in [6.07, 6.45) is 0.954. The summed E-state index contributed by atoms with van der Waals surface area (Å²) in [6, 6.07) is 20.2. The summed E-state index contributed by atoms with van der Waals surface area (Å²) in [5.41, 5.74) is 3.17. The van der Waals surface area contributed by atoms with E-state index in [1.54, 1.807) is 0 Å². The van der Waals surface area contributed by atoms with Gasteiger partial charge in [0.15, 0.2) is 0 Å². The fraction of sp³-hybridized carbons (Fsp3) is 0.188. The van der Waals surface area contributed by atoms with Crippen molar-refractivity contribution >= 4 is 31.9 Å². The van der Waals surface area contributed by atoms with Crippen LogP contribution < -0.4 is 0 Å². The number of nitrogens with zero attached hydrogens (tertiary/aromatic N) is 1. The first-order valence-electron chi connectivity index (χ1n) is 6.04. The van der Waals surface area contributed by atoms with Crippen LogP contribution in [-0.4, -0.2) is 0 Å². The lowest BCUT2D eigenvalue weighted by Gasteiger charge is -2.15. The van der Waals surface area contributed by atoms with Crippen LogP contribution in [0.15, 0.2) is 54.6 Å². The molecule has 0 aromatic heterocycles. The molecule has 0 spiro atoms. The van der Waals surface area contributed by atoms with Gasteiger partial charge in [0.25, 0.3) is 0 Å². The Balaban J connectivity index is 2.04. The number of hydrogen-bond acceptors (Lipinski definition) is 1. The summed E-state index contributed by atoms with van der Waals surface area (Å²) >= 11 is 7.45. The van der Waals surface area contributed by atoms with E-state index in [0.29, 0.717) is 10.4 Å². The Hall–Kier alpha value is -1.11. The summed E-state index contributed by atoms with van der Waals surface area (Å²) in [5.74, 6) is 0. The molecule has 96 valence electrons. The third kappa shape index (κ3) is 3.92. The van der Waals surface area contributed by atoms with E-state index < -0.39 is 0 Å². The van der Waals surface area contributed by atoms with Gasteiger partial charge in [0, 0.05) is 9.65 Å². The Morgan fingerprint density at radius 2 is 1.37 bits per heavy atom. The van der Waals surface area contributed by atoms with Crippen molar-refractivity contribution in [3.63, 3.8) is 0 Å². The van der Waals surface area contributed by atoms with Crippen molar-refractivity contribution in [1.82, 2.24) is 0 Å². The zero-order valence-corrected chi connectivity index (χ0v) is 13.4. The monoisotopic (exact) mass is 377 g/mol. The zero-order valence-electron chi connectivity index (χ0n) is 10.3. The number of rotatable bonds is 4. The van der Waals surface area contributed by atoms with Crippen molar-refractivity contribution in [1.29, 1.82) is 5.26 Å². The Bertz CT molecular complexity index is 558. The standard InChI is InChI=1S/C16H13Br2N/c17-15(13-4-2-1-3-5-13)10-16(18)14-8-6-12(11-19)7-9-14/h1-9,15-16H,10H2. The molecule has 0 radical (unpaired) electrons. The van der Waals surface area contributed by atoms with Crippen LogP contribution in [0.5, 0.6) is 0 Å². The molecule has 2 atom stereocenters. The van der Waals surface area contributed by atoms with Crippen molar-refractivity contribution in [3.05, 3.63) is 71.3 Å². The Labute approximate surface area is 130 Å². The smallest absolute Gasteiger partial charge is 0.0991 e. The first-order chi connectivity index (χ1) is 9.20. The molecular weight excluding hydrogens is 366 g/mol. The molecule has 2 unspecified atom stereocenters. The van der Waals surface area contributed by atoms with Crippen LogP contribution in [-0.2, 0) is 0 Å². The van der Waals surface area contributed by atoms with Crippen molar-refractivity contribution in [2.75, 3.05) is 0 Å². The molecule has 2 aromatic carbocycles. The second kappa shape index (κ2) is 6.88. The summed E-state index contributed by atoms with van der Waals surface area (Å²) in [7, 11) is 0. The second-order valence-corrected chi connectivity index (χ2v) is 6.53. The van der Waals surface area contributed by atoms with E-state index in [1.807, 2.05) is 30.3 Å². The van der Waals surface area contributed by atoms with Gasteiger partial charge in [-0.1, -0.05) is 74.3 Å². The summed E-state index contributed by atoms with van der Waals surface area (Å²) in [5, 5.41) is 8.79. The van der Waals surface area contributed by atoms with E-state index in [1.165, 1.54) is 11.1 Å². The molecule has 0 saturated heterocycles. The summed E-state index contributed by atoms with van der Waals surface area (Å²) in [4.78, 5) is 0.582. The molecule has 0 aliphatic carbocycles. The van der Waals surface area contributed by atoms with E-state index in [4.69, 9.17) is 5.26 Å². The average Bonchev–Trinajstić information content (AvgIpc) is 2.48. The minimum absolute atomic E-state index is 0.268. The zero-order chi connectivity index (χ0) is 13.7. The molecule has 0 heterocycles. The molecule has 0 aliphatic heterocycles. The van der Waals surface area contributed by atoms with Crippen molar-refractivity contribution < 1.29 is 0 Å². The molecule has 0 N–H and O–H groups in total. The molecule has 2 aromatic rings. The topological polar surface area (TPSA) is 23.8 Å². The molecule has 3 heteroatoms. The van der Waals surface area contributed by atoms with Gasteiger partial charge in [-0.05, 0) is 29.7 Å². The fourth-order valence-electron chi connectivity index (χ4n) is 1.88. The Kier molecular flexibility index (Phi) is 5.18. The quantitative estimate of drug-likeness (QED) is 0.642. The highest BCUT2D eigenvalue weighted by Gasteiger charge is 2.14. The highest BCUT2D eigenvalue weighted by atomic mass is 79.9. The van der Waals surface area contributed by atoms with Gasteiger partial charge in [0.2, 0.25) is 0 Å². The number of benzene rings is 2. The molecule has 0 aliphatic rings. The number of halogens is 2. The largest absolute Gasteiger partial charge is 0.192 e. The lowest BCUT2D eigenvalue weighted by molar-refractivity contribution is 0.806. The van der Waals surface area contributed by atoms with Crippen molar-refractivity contribution in [2.45, 2.75) is 16.1 Å². The Morgan fingerprint density at radius 3 is 1.89 bits per heavy atom. The molecule has 0 fully saturated rings. The van der Waals surface area contributed by atoms with E-state index >= 15 is 0 Å². The first kappa shape index (κ1) is 14.3. The summed E-state index contributed by atoms with van der Waals surface area (Å²) < 4.78 is 0. The number of alkyl halides is 2. The minimum atomic E-state index is 0.268. The lowest BCUT2D eigenvalue weighted by atomic mass is 10.0. The highest BCUT2D eigenvalue weighted by molar-refractivity contribution is 9.09. The van der Waals surface area contributed by atoms with Crippen LogP contribution in [0.4, 0.5) is 0 Å². The van der Waals surface area contributed by atoms with Gasteiger partial charge in [0.05, 0.1) is 11.6 Å². The molecule has 1 nitrogen and oxygen atoms in total. The van der Waals surface area contributed by atoms with Gasteiger partial charge >= 0.3 is 0 Å². The normalized spacial score (nSPS) is 13.5. The minimum Gasteiger partial charge on any atom is -0.192 e. The van der Waals surface area contributed by atoms with Gasteiger partial charge in [-0.15, -0.1) is 0 Å². The van der Waals surface area contributed by atoms with E-state index in [9.17, 15) is 0 Å². The van der Waals surface area contributed by atoms with E-state index in [0.717, 1.165) is 6.42 Å². The van der Waals surface area contributed by atoms with Gasteiger partial charge in [-0.2, -0.15) is 5.26 Å². The van der Waals surface area contributed by atoms with Gasteiger partial charge in [-0.25, -0.2) is 0 Å².